The molecule has 1 aliphatic rings. The second-order valence-corrected chi connectivity index (χ2v) is 8.84. The number of amidine groups is 1. The van der Waals surface area contributed by atoms with Crippen molar-refractivity contribution in [3.63, 3.8) is 0 Å². The first-order chi connectivity index (χ1) is 16.5. The molecule has 36 heavy (non-hydrogen) atoms. The molecule has 0 fully saturated rings. The number of nitrogens with two attached hydrogens (primary N) is 2. The van der Waals surface area contributed by atoms with Gasteiger partial charge in [0.15, 0.2) is 6.10 Å². The van der Waals surface area contributed by atoms with Gasteiger partial charge in [-0.05, 0) is 42.7 Å². The number of alkyl halides is 3. The van der Waals surface area contributed by atoms with Crippen LogP contribution in [-0.4, -0.2) is 41.1 Å². The normalized spacial score (nSPS) is 18.9. The molecule has 0 heterocycles. The van der Waals surface area contributed by atoms with Gasteiger partial charge in [-0.1, -0.05) is 32.1 Å². The van der Waals surface area contributed by atoms with Crippen molar-refractivity contribution >= 4 is 17.6 Å². The van der Waals surface area contributed by atoms with Crippen molar-refractivity contribution in [1.82, 2.24) is 5.32 Å². The number of allylic oxidation sites excluding steroid dienone is 3. The summed E-state index contributed by atoms with van der Waals surface area (Å²) < 4.78 is 65.4. The fourth-order valence-electron chi connectivity index (χ4n) is 3.27. The van der Waals surface area contributed by atoms with Gasteiger partial charge in [0.1, 0.15) is 23.5 Å². The molecule has 7 nitrogen and oxygen atoms in total. The number of hydrogen-bond donors (Lipinski definition) is 4. The Bertz CT molecular complexity index is 1120. The molecule has 196 valence electrons. The van der Waals surface area contributed by atoms with Gasteiger partial charge in [-0.15, -0.1) is 0 Å². The number of amides is 2. The van der Waals surface area contributed by atoms with E-state index in [1.54, 1.807) is 13.8 Å². The molecule has 2 rings (SSSR count). The number of hydrogen-bond acceptors (Lipinski definition) is 4. The van der Waals surface area contributed by atoms with Gasteiger partial charge in [0, 0.05) is 17.2 Å². The van der Waals surface area contributed by atoms with Crippen LogP contribution in [0.4, 0.5) is 22.0 Å². The minimum atomic E-state index is -4.44. The van der Waals surface area contributed by atoms with E-state index in [0.29, 0.717) is 6.07 Å². The Balaban J connectivity index is 2.05. The molecule has 3 atom stereocenters. The van der Waals surface area contributed by atoms with Gasteiger partial charge in [-0.3, -0.25) is 9.59 Å². The third-order valence-corrected chi connectivity index (χ3v) is 5.69. The molecular formula is C24H27F5N4O3. The molecule has 0 aromatic heterocycles. The quantitative estimate of drug-likeness (QED) is 0.253. The van der Waals surface area contributed by atoms with Crippen molar-refractivity contribution in [1.29, 1.82) is 0 Å². The molecule has 2 amide bonds. The molecule has 0 bridgehead atoms. The van der Waals surface area contributed by atoms with E-state index in [1.165, 1.54) is 6.92 Å². The predicted octanol–water partition coefficient (Wildman–Crippen LogP) is 2.90. The minimum Gasteiger partial charge on any atom is -0.401 e. The summed E-state index contributed by atoms with van der Waals surface area (Å²) >= 11 is 0. The highest BCUT2D eigenvalue weighted by Crippen LogP contribution is 2.33. The zero-order valence-corrected chi connectivity index (χ0v) is 19.7. The smallest absolute Gasteiger partial charge is 0.395 e. The maximum absolute atomic E-state index is 13.6. The minimum absolute atomic E-state index is 0.0395. The molecule has 3 unspecified atom stereocenters. The van der Waals surface area contributed by atoms with Crippen molar-refractivity contribution in [2.45, 2.75) is 50.9 Å². The molecular weight excluding hydrogens is 487 g/mol. The molecule has 0 saturated carbocycles. The van der Waals surface area contributed by atoms with E-state index in [2.05, 4.69) is 10.3 Å². The Labute approximate surface area is 204 Å². The van der Waals surface area contributed by atoms with Crippen LogP contribution in [0.5, 0.6) is 0 Å². The van der Waals surface area contributed by atoms with Crippen LogP contribution in [0.15, 0.2) is 58.8 Å². The predicted molar refractivity (Wildman–Crippen MR) is 123 cm³/mol. The van der Waals surface area contributed by atoms with Gasteiger partial charge < -0.3 is 21.9 Å². The van der Waals surface area contributed by atoms with Crippen LogP contribution < -0.4 is 16.8 Å². The SMILES string of the molecule is CC(NC(=O)C(O)C1=CCC(C(F)(F)F)C=C1)C(=O)N=C(N)C=C(N)C(C)(C)c1cc(F)cc(F)c1. The lowest BCUT2D eigenvalue weighted by atomic mass is 9.81. The maximum Gasteiger partial charge on any atom is 0.395 e. The fraction of sp³-hybridized carbons (Fsp3) is 0.375. The number of nitrogens with one attached hydrogen (secondary N) is 1. The van der Waals surface area contributed by atoms with Gasteiger partial charge in [-0.2, -0.15) is 18.2 Å². The van der Waals surface area contributed by atoms with E-state index in [4.69, 9.17) is 11.5 Å². The van der Waals surface area contributed by atoms with Gasteiger partial charge in [0.05, 0.1) is 5.92 Å². The second-order valence-electron chi connectivity index (χ2n) is 8.84. The number of aliphatic imine (C=N–C) groups is 1. The van der Waals surface area contributed by atoms with Crippen molar-refractivity contribution in [3.8, 4) is 0 Å². The third kappa shape index (κ3) is 7.23. The molecule has 6 N–H and O–H groups in total. The van der Waals surface area contributed by atoms with E-state index < -0.39 is 59.5 Å². The van der Waals surface area contributed by atoms with E-state index in [1.807, 2.05) is 0 Å². The zero-order valence-electron chi connectivity index (χ0n) is 19.7. The summed E-state index contributed by atoms with van der Waals surface area (Å²) in [5, 5.41) is 12.3. The van der Waals surface area contributed by atoms with Gasteiger partial charge in [0.25, 0.3) is 11.8 Å². The number of carbonyl (C=O) groups excluding carboxylic acids is 2. The Morgan fingerprint density at radius 1 is 1.17 bits per heavy atom. The van der Waals surface area contributed by atoms with Crippen LogP contribution in [-0.2, 0) is 15.0 Å². The summed E-state index contributed by atoms with van der Waals surface area (Å²) in [6, 6.07) is 1.67. The van der Waals surface area contributed by atoms with Crippen LogP contribution in [0.3, 0.4) is 0 Å². The van der Waals surface area contributed by atoms with Crippen molar-refractivity contribution in [2.75, 3.05) is 0 Å². The fourth-order valence-corrected chi connectivity index (χ4v) is 3.27. The number of aliphatic hydroxyl groups is 1. The number of carbonyl (C=O) groups is 2. The monoisotopic (exact) mass is 514 g/mol. The third-order valence-electron chi connectivity index (χ3n) is 5.69. The van der Waals surface area contributed by atoms with Crippen LogP contribution in [0.1, 0.15) is 32.8 Å². The molecule has 0 saturated heterocycles. The average Bonchev–Trinajstić information content (AvgIpc) is 2.77. The van der Waals surface area contributed by atoms with Crippen molar-refractivity contribution in [3.05, 3.63) is 71.0 Å². The largest absolute Gasteiger partial charge is 0.401 e. The van der Waals surface area contributed by atoms with Gasteiger partial charge >= 0.3 is 6.18 Å². The first-order valence-electron chi connectivity index (χ1n) is 10.8. The topological polar surface area (TPSA) is 131 Å². The van der Waals surface area contributed by atoms with E-state index in [0.717, 1.165) is 36.4 Å². The maximum atomic E-state index is 13.6. The number of benzene rings is 1. The first kappa shape index (κ1) is 28.7. The first-order valence-corrected chi connectivity index (χ1v) is 10.8. The highest BCUT2D eigenvalue weighted by molar-refractivity contribution is 6.02. The Kier molecular flexibility index (Phi) is 8.79. The number of nitrogens with zero attached hydrogens (tertiary/aromatic N) is 1. The molecule has 0 radical (unpaired) electrons. The Morgan fingerprint density at radius 3 is 2.25 bits per heavy atom. The summed E-state index contributed by atoms with van der Waals surface area (Å²) in [5.41, 5.74) is 10.9. The van der Waals surface area contributed by atoms with Crippen LogP contribution in [0.2, 0.25) is 0 Å². The molecule has 1 aromatic carbocycles. The molecule has 1 aromatic rings. The molecule has 0 aliphatic heterocycles. The summed E-state index contributed by atoms with van der Waals surface area (Å²) in [7, 11) is 0. The van der Waals surface area contributed by atoms with Crippen LogP contribution in [0.25, 0.3) is 0 Å². The van der Waals surface area contributed by atoms with E-state index >= 15 is 0 Å². The van der Waals surface area contributed by atoms with Gasteiger partial charge in [0.2, 0.25) is 0 Å². The molecule has 1 aliphatic carbocycles. The lowest BCUT2D eigenvalue weighted by Gasteiger charge is -2.26. The van der Waals surface area contributed by atoms with E-state index in [-0.39, 0.29) is 22.7 Å². The summed E-state index contributed by atoms with van der Waals surface area (Å²) in [6.45, 7) is 4.43. The van der Waals surface area contributed by atoms with E-state index in [9.17, 15) is 36.6 Å². The zero-order chi connectivity index (χ0) is 27.4. The van der Waals surface area contributed by atoms with Gasteiger partial charge in [-0.25, -0.2) is 8.78 Å². The van der Waals surface area contributed by atoms with Crippen LogP contribution in [0, 0.1) is 17.6 Å². The highest BCUT2D eigenvalue weighted by atomic mass is 19.4. The Morgan fingerprint density at radius 2 is 1.75 bits per heavy atom. The van der Waals surface area contributed by atoms with Crippen molar-refractivity contribution in [2.24, 2.45) is 22.4 Å². The highest BCUT2D eigenvalue weighted by Gasteiger charge is 2.38. The number of rotatable bonds is 7. The van der Waals surface area contributed by atoms with Crippen molar-refractivity contribution < 1.29 is 36.6 Å². The summed E-state index contributed by atoms with van der Waals surface area (Å²) in [4.78, 5) is 28.2. The summed E-state index contributed by atoms with van der Waals surface area (Å²) in [5.74, 6) is -5.57. The second kappa shape index (κ2) is 11.0. The lowest BCUT2D eigenvalue weighted by Crippen LogP contribution is -2.44. The van der Waals surface area contributed by atoms with Crippen LogP contribution >= 0.6 is 0 Å². The average molecular weight is 514 g/mol. The summed E-state index contributed by atoms with van der Waals surface area (Å²) in [6.07, 6.45) is -2.57. The number of aliphatic hydroxyl groups excluding tert-OH is 1. The lowest BCUT2D eigenvalue weighted by molar-refractivity contribution is -0.160. The molecule has 12 heteroatoms. The Hall–Kier alpha value is -3.54. The number of halogens is 5. The standard InChI is InChI=1S/C24H27F5N4O3/c1-12(32-22(36)20(34)13-4-6-14(7-5-13)24(27,28)29)21(35)33-19(31)11-18(30)23(2,3)15-8-16(25)10-17(26)9-15/h4-6,8-12,14,20,34H,7,30H2,1-3H3,(H,32,36)(H2,31,33,35). The molecule has 0 spiro atoms.